The Labute approximate surface area is 270 Å². The van der Waals surface area contributed by atoms with Gasteiger partial charge in [0.25, 0.3) is 10.1 Å². The topological polar surface area (TPSA) is 170 Å². The van der Waals surface area contributed by atoms with Gasteiger partial charge in [-0.2, -0.15) is 18.9 Å². The van der Waals surface area contributed by atoms with E-state index >= 15 is 0 Å². The van der Waals surface area contributed by atoms with Gasteiger partial charge in [0.15, 0.2) is 5.00 Å². The molecule has 1 heterocycles. The highest BCUT2D eigenvalue weighted by molar-refractivity contribution is 7.85. The lowest BCUT2D eigenvalue weighted by Crippen LogP contribution is -2.27. The van der Waals surface area contributed by atoms with Crippen LogP contribution in [0.2, 0.25) is 0 Å². The maximum atomic E-state index is 10.7. The highest BCUT2D eigenvalue weighted by atomic mass is 32.2. The Morgan fingerprint density at radius 3 is 2.02 bits per heavy atom. The number of thiophene rings is 1. The molecule has 0 amide bonds. The summed E-state index contributed by atoms with van der Waals surface area (Å²) in [6.45, 7) is 12.4. The van der Waals surface area contributed by atoms with Gasteiger partial charge >= 0.3 is 0 Å². The molecule has 0 spiro atoms. The van der Waals surface area contributed by atoms with Gasteiger partial charge in [0.1, 0.15) is 17.0 Å². The summed E-state index contributed by atoms with van der Waals surface area (Å²) in [6.07, 6.45) is 0.376. The number of nitrogens with zero attached hydrogens (tertiary/aromatic N) is 6. The van der Waals surface area contributed by atoms with E-state index in [0.717, 1.165) is 24.3 Å². The molecule has 0 saturated heterocycles. The Kier molecular flexibility index (Phi) is 17.8. The lowest BCUT2D eigenvalue weighted by Gasteiger charge is -2.23. The molecule has 248 valence electrons. The SMILES string of the molecule is CCN(CCOCCOCCOCCOCCN(C)CCCS(=O)(=O)O)c1ccc(/N=N/c2sc(C#N)c(C)c2C#N)c(C)c1. The number of anilines is 1. The van der Waals surface area contributed by atoms with Crippen LogP contribution in [0.15, 0.2) is 28.4 Å². The fourth-order valence-corrected chi connectivity index (χ4v) is 5.48. The van der Waals surface area contributed by atoms with Crippen LogP contribution >= 0.6 is 11.3 Å². The quantitative estimate of drug-likeness (QED) is 0.0998. The van der Waals surface area contributed by atoms with Gasteiger partial charge in [-0.3, -0.25) is 4.55 Å². The molecule has 1 N–H and O–H groups in total. The fourth-order valence-electron chi connectivity index (χ4n) is 4.11. The van der Waals surface area contributed by atoms with E-state index in [0.29, 0.717) is 99.1 Å². The molecule has 0 unspecified atom stereocenters. The van der Waals surface area contributed by atoms with Crippen LogP contribution in [-0.2, 0) is 29.1 Å². The molecule has 0 atom stereocenters. The number of ether oxygens (including phenoxy) is 4. The Morgan fingerprint density at radius 2 is 1.49 bits per heavy atom. The van der Waals surface area contributed by atoms with E-state index in [1.807, 2.05) is 37.1 Å². The molecule has 45 heavy (non-hydrogen) atoms. The zero-order chi connectivity index (χ0) is 33.1. The van der Waals surface area contributed by atoms with Gasteiger partial charge in [-0.1, -0.05) is 0 Å². The van der Waals surface area contributed by atoms with Crippen molar-refractivity contribution in [2.75, 3.05) is 96.7 Å². The molecule has 0 aliphatic heterocycles. The van der Waals surface area contributed by atoms with Crippen molar-refractivity contribution in [3.8, 4) is 12.1 Å². The zero-order valence-corrected chi connectivity index (χ0v) is 28.2. The van der Waals surface area contributed by atoms with E-state index in [1.165, 1.54) is 11.3 Å². The Balaban J connectivity index is 1.56. The second-order valence-electron chi connectivity index (χ2n) is 10.1. The number of likely N-dealkylation sites (N-methyl/N-ethyl adjacent to an activating group) is 2. The van der Waals surface area contributed by atoms with Crippen molar-refractivity contribution in [1.29, 1.82) is 10.5 Å². The molecule has 0 bridgehead atoms. The molecule has 0 radical (unpaired) electrons. The molecule has 13 nitrogen and oxygen atoms in total. The van der Waals surface area contributed by atoms with Gasteiger partial charge in [-0.25, -0.2) is 0 Å². The van der Waals surface area contributed by atoms with Crippen molar-refractivity contribution < 1.29 is 31.9 Å². The maximum Gasteiger partial charge on any atom is 0.264 e. The van der Waals surface area contributed by atoms with Crippen LogP contribution in [0.25, 0.3) is 0 Å². The van der Waals surface area contributed by atoms with Crippen molar-refractivity contribution in [2.24, 2.45) is 10.2 Å². The first-order chi connectivity index (χ1) is 21.6. The molecule has 15 heteroatoms. The van der Waals surface area contributed by atoms with Crippen LogP contribution in [0.5, 0.6) is 0 Å². The summed E-state index contributed by atoms with van der Waals surface area (Å²) in [6, 6.07) is 10.1. The lowest BCUT2D eigenvalue weighted by molar-refractivity contribution is -0.00266. The first-order valence-electron chi connectivity index (χ1n) is 14.7. The number of nitriles is 2. The van der Waals surface area contributed by atoms with Gasteiger partial charge in [0.05, 0.1) is 69.9 Å². The summed E-state index contributed by atoms with van der Waals surface area (Å²) >= 11 is 1.17. The third-order valence-corrected chi connectivity index (χ3v) is 8.58. The van der Waals surface area contributed by atoms with Crippen LogP contribution < -0.4 is 4.90 Å². The molecule has 2 aromatic rings. The molecule has 0 aliphatic carbocycles. The summed E-state index contributed by atoms with van der Waals surface area (Å²) in [5.74, 6) is -0.236. The van der Waals surface area contributed by atoms with Crippen molar-refractivity contribution in [3.05, 3.63) is 39.8 Å². The minimum Gasteiger partial charge on any atom is -0.378 e. The minimum atomic E-state index is -3.90. The highest BCUT2D eigenvalue weighted by Gasteiger charge is 2.15. The van der Waals surface area contributed by atoms with E-state index in [-0.39, 0.29) is 5.75 Å². The summed E-state index contributed by atoms with van der Waals surface area (Å²) in [5, 5.41) is 27.7. The molecular formula is C30H44N6O7S2. The van der Waals surface area contributed by atoms with E-state index in [9.17, 15) is 18.9 Å². The number of rotatable bonds is 23. The van der Waals surface area contributed by atoms with Gasteiger partial charge in [-0.15, -0.1) is 21.6 Å². The van der Waals surface area contributed by atoms with Gasteiger partial charge in [0, 0.05) is 25.3 Å². The van der Waals surface area contributed by atoms with Crippen molar-refractivity contribution in [1.82, 2.24) is 4.90 Å². The van der Waals surface area contributed by atoms with Gasteiger partial charge in [-0.05, 0) is 70.1 Å². The molecule has 1 aromatic carbocycles. The summed E-state index contributed by atoms with van der Waals surface area (Å²) in [7, 11) is -2.03. The Bertz CT molecular complexity index is 1400. The second kappa shape index (κ2) is 20.9. The maximum absolute atomic E-state index is 10.7. The minimum absolute atomic E-state index is 0.236. The molecule has 2 rings (SSSR count). The number of benzene rings is 1. The number of aryl methyl sites for hydroxylation is 1. The standard InChI is InChI=1S/C30H44N6O7S2/c1-5-36(26-7-8-28(24(2)21-26)33-34-30-27(22-31)25(3)29(23-32)44-30)11-13-41-15-17-43-19-18-42-16-14-40-12-10-35(4)9-6-20-45(37,38)39/h7-8,21H,5-6,9-20H2,1-4H3,(H,37,38,39)/b34-33+. The smallest absolute Gasteiger partial charge is 0.264 e. The van der Waals surface area contributed by atoms with E-state index < -0.39 is 10.1 Å². The second-order valence-corrected chi connectivity index (χ2v) is 12.7. The van der Waals surface area contributed by atoms with E-state index in [2.05, 4.69) is 34.2 Å². The number of azo groups is 1. The summed E-state index contributed by atoms with van der Waals surface area (Å²) in [5.41, 5.74) is 3.72. The molecule has 0 aliphatic rings. The Hall–Kier alpha value is -2.99. The fraction of sp³-hybridized carbons (Fsp3) is 0.600. The number of hydrogen-bond donors (Lipinski definition) is 1. The van der Waals surface area contributed by atoms with Gasteiger partial charge < -0.3 is 28.7 Å². The molecule has 0 fully saturated rings. The predicted octanol–water partition coefficient (Wildman–Crippen LogP) is 4.63. The normalized spacial score (nSPS) is 11.7. The predicted molar refractivity (Wildman–Crippen MR) is 174 cm³/mol. The highest BCUT2D eigenvalue weighted by Crippen LogP contribution is 2.36. The van der Waals surface area contributed by atoms with E-state index in [1.54, 1.807) is 6.92 Å². The van der Waals surface area contributed by atoms with Crippen LogP contribution in [0.3, 0.4) is 0 Å². The van der Waals surface area contributed by atoms with Crippen LogP contribution in [-0.4, -0.2) is 110 Å². The largest absolute Gasteiger partial charge is 0.378 e. The van der Waals surface area contributed by atoms with Crippen LogP contribution in [0.4, 0.5) is 16.4 Å². The molecular weight excluding hydrogens is 620 g/mol. The third kappa shape index (κ3) is 14.8. The summed E-state index contributed by atoms with van der Waals surface area (Å²) < 4.78 is 52.5. The third-order valence-electron chi connectivity index (χ3n) is 6.70. The first-order valence-corrected chi connectivity index (χ1v) is 17.2. The molecule has 0 saturated carbocycles. The monoisotopic (exact) mass is 664 g/mol. The first kappa shape index (κ1) is 38.2. The van der Waals surface area contributed by atoms with Gasteiger partial charge in [0.2, 0.25) is 0 Å². The average molecular weight is 665 g/mol. The van der Waals surface area contributed by atoms with E-state index in [4.69, 9.17) is 23.5 Å². The Morgan fingerprint density at radius 1 is 0.889 bits per heavy atom. The molecule has 1 aromatic heterocycles. The average Bonchev–Trinajstić information content (AvgIpc) is 3.31. The van der Waals surface area contributed by atoms with Crippen molar-refractivity contribution in [3.63, 3.8) is 0 Å². The zero-order valence-electron chi connectivity index (χ0n) is 26.5. The van der Waals surface area contributed by atoms with Crippen molar-refractivity contribution >= 4 is 37.8 Å². The van der Waals surface area contributed by atoms with Crippen molar-refractivity contribution in [2.45, 2.75) is 27.2 Å². The van der Waals surface area contributed by atoms with Crippen LogP contribution in [0.1, 0.15) is 34.9 Å². The summed E-state index contributed by atoms with van der Waals surface area (Å²) in [4.78, 5) is 4.63. The van der Waals surface area contributed by atoms with Crippen LogP contribution in [0, 0.1) is 36.5 Å². The number of hydrogen-bond acceptors (Lipinski definition) is 13. The lowest BCUT2D eigenvalue weighted by atomic mass is 10.1.